The number of nitrogens with one attached hydrogen (secondary N) is 1. The van der Waals surface area contributed by atoms with Crippen LogP contribution in [0.15, 0.2) is 59.1 Å². The fraction of sp³-hybridized carbons (Fsp3) is 0.286. The summed E-state index contributed by atoms with van der Waals surface area (Å²) < 4.78 is 0.881. The SMILES string of the molecule is CC1(C(=O)O)NC(c2ccc(Br)cc2)C2C(=O)N(Cc3ccccc3)C(=O)C21. The van der Waals surface area contributed by atoms with Crippen molar-refractivity contribution >= 4 is 33.7 Å². The van der Waals surface area contributed by atoms with Gasteiger partial charge in [0, 0.05) is 10.5 Å². The second-order valence-corrected chi connectivity index (χ2v) is 8.35. The van der Waals surface area contributed by atoms with Gasteiger partial charge in [0.1, 0.15) is 5.54 Å². The van der Waals surface area contributed by atoms with Crippen molar-refractivity contribution in [1.82, 2.24) is 10.2 Å². The van der Waals surface area contributed by atoms with Crippen molar-refractivity contribution in [2.24, 2.45) is 11.8 Å². The Hall–Kier alpha value is -2.51. The van der Waals surface area contributed by atoms with Crippen LogP contribution in [0.4, 0.5) is 0 Å². The van der Waals surface area contributed by atoms with E-state index in [2.05, 4.69) is 21.2 Å². The zero-order valence-electron chi connectivity index (χ0n) is 15.1. The van der Waals surface area contributed by atoms with E-state index in [1.54, 1.807) is 0 Å². The molecule has 0 radical (unpaired) electrons. The molecule has 2 aromatic rings. The zero-order chi connectivity index (χ0) is 20.1. The van der Waals surface area contributed by atoms with Gasteiger partial charge in [0.2, 0.25) is 11.8 Å². The Kier molecular flexibility index (Phi) is 4.59. The molecule has 7 heteroatoms. The number of nitrogens with zero attached hydrogens (tertiary/aromatic N) is 1. The van der Waals surface area contributed by atoms with Crippen molar-refractivity contribution in [2.45, 2.75) is 25.0 Å². The molecule has 0 aromatic heterocycles. The lowest BCUT2D eigenvalue weighted by Gasteiger charge is -2.27. The largest absolute Gasteiger partial charge is 0.480 e. The van der Waals surface area contributed by atoms with E-state index in [1.807, 2.05) is 54.6 Å². The van der Waals surface area contributed by atoms with Crippen LogP contribution in [-0.2, 0) is 20.9 Å². The van der Waals surface area contributed by atoms with Crippen LogP contribution >= 0.6 is 15.9 Å². The van der Waals surface area contributed by atoms with Crippen LogP contribution in [0.5, 0.6) is 0 Å². The van der Waals surface area contributed by atoms with E-state index >= 15 is 0 Å². The first kappa shape index (κ1) is 18.8. The first-order valence-electron chi connectivity index (χ1n) is 8.98. The molecule has 4 rings (SSSR count). The average molecular weight is 443 g/mol. The maximum Gasteiger partial charge on any atom is 0.324 e. The number of hydrogen-bond donors (Lipinski definition) is 2. The van der Waals surface area contributed by atoms with Gasteiger partial charge in [0.05, 0.1) is 18.4 Å². The van der Waals surface area contributed by atoms with Gasteiger partial charge in [-0.05, 0) is 30.2 Å². The van der Waals surface area contributed by atoms with Crippen molar-refractivity contribution < 1.29 is 19.5 Å². The highest BCUT2D eigenvalue weighted by Crippen LogP contribution is 2.49. The van der Waals surface area contributed by atoms with Gasteiger partial charge < -0.3 is 5.11 Å². The Balaban J connectivity index is 1.74. The molecule has 0 spiro atoms. The third kappa shape index (κ3) is 2.86. The first-order chi connectivity index (χ1) is 13.3. The Morgan fingerprint density at radius 1 is 1.11 bits per heavy atom. The Morgan fingerprint density at radius 2 is 1.75 bits per heavy atom. The number of hydrogen-bond acceptors (Lipinski definition) is 4. The zero-order valence-corrected chi connectivity index (χ0v) is 16.7. The molecule has 28 heavy (non-hydrogen) atoms. The number of fused-ring (bicyclic) bond motifs is 1. The molecule has 2 heterocycles. The molecule has 2 N–H and O–H groups in total. The number of carbonyl (C=O) groups is 3. The number of benzene rings is 2. The van der Waals surface area contributed by atoms with Gasteiger partial charge in [-0.2, -0.15) is 0 Å². The molecular formula is C21H19BrN2O4. The number of amides is 2. The topological polar surface area (TPSA) is 86.7 Å². The molecular weight excluding hydrogens is 424 g/mol. The van der Waals surface area contributed by atoms with Gasteiger partial charge in [0.25, 0.3) is 0 Å². The van der Waals surface area contributed by atoms with E-state index in [9.17, 15) is 19.5 Å². The number of aliphatic carboxylic acids is 1. The molecule has 4 atom stereocenters. The molecule has 2 fully saturated rings. The van der Waals surface area contributed by atoms with E-state index in [4.69, 9.17) is 0 Å². The smallest absolute Gasteiger partial charge is 0.324 e. The van der Waals surface area contributed by atoms with Gasteiger partial charge in [-0.1, -0.05) is 58.4 Å². The van der Waals surface area contributed by atoms with Crippen molar-refractivity contribution in [3.63, 3.8) is 0 Å². The van der Waals surface area contributed by atoms with Crippen molar-refractivity contribution in [2.75, 3.05) is 0 Å². The highest BCUT2D eigenvalue weighted by molar-refractivity contribution is 9.10. The van der Waals surface area contributed by atoms with Gasteiger partial charge in [-0.3, -0.25) is 24.6 Å². The van der Waals surface area contributed by atoms with Gasteiger partial charge in [-0.25, -0.2) is 0 Å². The number of imide groups is 1. The summed E-state index contributed by atoms with van der Waals surface area (Å²) in [6.07, 6.45) is 0. The van der Waals surface area contributed by atoms with Crippen LogP contribution in [0.2, 0.25) is 0 Å². The second kappa shape index (κ2) is 6.83. The number of likely N-dealkylation sites (tertiary alicyclic amines) is 1. The summed E-state index contributed by atoms with van der Waals surface area (Å²) in [6, 6.07) is 16.0. The van der Waals surface area contributed by atoms with E-state index in [0.717, 1.165) is 15.6 Å². The molecule has 4 unspecified atom stereocenters. The summed E-state index contributed by atoms with van der Waals surface area (Å²) in [5.41, 5.74) is 0.0980. The van der Waals surface area contributed by atoms with Crippen LogP contribution in [0.25, 0.3) is 0 Å². The number of carbonyl (C=O) groups excluding carboxylic acids is 2. The maximum atomic E-state index is 13.2. The predicted octanol–water partition coefficient (Wildman–Crippen LogP) is 2.74. The molecule has 2 saturated heterocycles. The fourth-order valence-corrected chi connectivity index (χ4v) is 4.54. The third-order valence-electron chi connectivity index (χ3n) is 5.74. The molecule has 144 valence electrons. The molecule has 0 saturated carbocycles. The first-order valence-corrected chi connectivity index (χ1v) is 9.78. The van der Waals surface area contributed by atoms with Gasteiger partial charge in [-0.15, -0.1) is 0 Å². The number of carboxylic acids is 1. The maximum absolute atomic E-state index is 13.2. The Bertz CT molecular complexity index is 947. The van der Waals surface area contributed by atoms with E-state index < -0.39 is 35.3 Å². The summed E-state index contributed by atoms with van der Waals surface area (Å²) in [6.45, 7) is 1.64. The quantitative estimate of drug-likeness (QED) is 0.710. The van der Waals surface area contributed by atoms with Crippen molar-refractivity contribution in [1.29, 1.82) is 0 Å². The molecule has 2 amide bonds. The average Bonchev–Trinajstić information content (AvgIpc) is 3.13. The minimum Gasteiger partial charge on any atom is -0.480 e. The van der Waals surface area contributed by atoms with Crippen LogP contribution in [0, 0.1) is 11.8 Å². The lowest BCUT2D eigenvalue weighted by Crippen LogP contribution is -2.53. The molecule has 0 aliphatic carbocycles. The Labute approximate surface area is 170 Å². The molecule has 2 aliphatic heterocycles. The number of halogens is 1. The van der Waals surface area contributed by atoms with E-state index in [-0.39, 0.29) is 12.5 Å². The summed E-state index contributed by atoms with van der Waals surface area (Å²) in [7, 11) is 0. The Morgan fingerprint density at radius 3 is 2.36 bits per heavy atom. The monoisotopic (exact) mass is 442 g/mol. The summed E-state index contributed by atoms with van der Waals surface area (Å²) >= 11 is 3.38. The fourth-order valence-electron chi connectivity index (χ4n) is 4.27. The van der Waals surface area contributed by atoms with Crippen LogP contribution < -0.4 is 5.32 Å². The van der Waals surface area contributed by atoms with Crippen LogP contribution in [0.3, 0.4) is 0 Å². The summed E-state index contributed by atoms with van der Waals surface area (Å²) in [5.74, 6) is -3.60. The second-order valence-electron chi connectivity index (χ2n) is 7.43. The highest BCUT2D eigenvalue weighted by atomic mass is 79.9. The predicted molar refractivity (Wildman–Crippen MR) is 105 cm³/mol. The van der Waals surface area contributed by atoms with Crippen LogP contribution in [-0.4, -0.2) is 33.3 Å². The standard InChI is InChI=1S/C21H19BrN2O4/c1-21(20(27)28)16-15(17(23-21)13-7-9-14(22)10-8-13)18(25)24(19(16)26)11-12-5-3-2-4-6-12/h2-10,15-17,23H,11H2,1H3,(H,27,28). The molecule has 2 aromatic carbocycles. The minimum atomic E-state index is -1.51. The molecule has 0 bridgehead atoms. The number of carboxylic acid groups (broad SMARTS) is 1. The third-order valence-corrected chi connectivity index (χ3v) is 6.26. The number of rotatable bonds is 4. The highest BCUT2D eigenvalue weighted by Gasteiger charge is 2.66. The molecule has 6 nitrogen and oxygen atoms in total. The molecule has 2 aliphatic rings. The van der Waals surface area contributed by atoms with Gasteiger partial charge >= 0.3 is 5.97 Å². The lowest BCUT2D eigenvalue weighted by molar-refractivity contribution is -0.150. The van der Waals surface area contributed by atoms with Crippen molar-refractivity contribution in [3.05, 3.63) is 70.2 Å². The minimum absolute atomic E-state index is 0.147. The van der Waals surface area contributed by atoms with E-state index in [1.165, 1.54) is 11.8 Å². The normalized spacial score (nSPS) is 29.2. The van der Waals surface area contributed by atoms with Crippen LogP contribution in [0.1, 0.15) is 24.1 Å². The van der Waals surface area contributed by atoms with Crippen molar-refractivity contribution in [3.8, 4) is 0 Å². The summed E-state index contributed by atoms with van der Waals surface area (Å²) in [4.78, 5) is 39.6. The summed E-state index contributed by atoms with van der Waals surface area (Å²) in [5, 5.41) is 12.9. The van der Waals surface area contributed by atoms with E-state index in [0.29, 0.717) is 0 Å². The van der Waals surface area contributed by atoms with Gasteiger partial charge in [0.15, 0.2) is 0 Å². The lowest BCUT2D eigenvalue weighted by atomic mass is 9.80.